The lowest BCUT2D eigenvalue weighted by Gasteiger charge is -2.12. The summed E-state index contributed by atoms with van der Waals surface area (Å²) in [5.74, 6) is 0. The van der Waals surface area contributed by atoms with Crippen LogP contribution in [-0.4, -0.2) is 24.0 Å². The van der Waals surface area contributed by atoms with Gasteiger partial charge >= 0.3 is 0 Å². The number of hydrogen-bond donors (Lipinski definition) is 0. The molecular weight excluding hydrogens is 346 g/mol. The minimum absolute atomic E-state index is 0.0941. The standard InChI is InChI=1S/C20H19N3O2S/c1-14-4-8-16(9-5-14)17-13-26-20(21-17)11-7-15-6-10-18(22(2)3)19(12-15)23(24)25/h4-13H,1-3H3. The Bertz CT molecular complexity index is 959. The van der Waals surface area contributed by atoms with Crippen LogP contribution in [0.2, 0.25) is 0 Å². The van der Waals surface area contributed by atoms with Crippen molar-refractivity contribution in [1.82, 2.24) is 4.98 Å². The number of nitro benzene ring substituents is 1. The normalized spacial score (nSPS) is 11.0. The average Bonchev–Trinajstić information content (AvgIpc) is 3.09. The zero-order chi connectivity index (χ0) is 18.7. The van der Waals surface area contributed by atoms with E-state index in [1.807, 2.05) is 23.6 Å². The predicted molar refractivity (Wildman–Crippen MR) is 109 cm³/mol. The summed E-state index contributed by atoms with van der Waals surface area (Å²) in [6.45, 7) is 2.06. The van der Waals surface area contributed by atoms with E-state index >= 15 is 0 Å². The lowest BCUT2D eigenvalue weighted by atomic mass is 10.1. The lowest BCUT2D eigenvalue weighted by Crippen LogP contribution is -2.10. The Balaban J connectivity index is 1.83. The fraction of sp³-hybridized carbons (Fsp3) is 0.150. The zero-order valence-corrected chi connectivity index (χ0v) is 15.7. The van der Waals surface area contributed by atoms with Crippen LogP contribution in [0, 0.1) is 17.0 Å². The molecule has 0 fully saturated rings. The van der Waals surface area contributed by atoms with Crippen molar-refractivity contribution in [2.45, 2.75) is 6.92 Å². The van der Waals surface area contributed by atoms with Gasteiger partial charge in [-0.2, -0.15) is 0 Å². The van der Waals surface area contributed by atoms with E-state index in [0.29, 0.717) is 5.69 Å². The van der Waals surface area contributed by atoms with Crippen molar-refractivity contribution < 1.29 is 4.92 Å². The van der Waals surface area contributed by atoms with E-state index in [4.69, 9.17) is 0 Å². The molecule has 5 nitrogen and oxygen atoms in total. The van der Waals surface area contributed by atoms with E-state index in [2.05, 4.69) is 36.2 Å². The number of benzene rings is 2. The van der Waals surface area contributed by atoms with Crippen LogP contribution in [0.15, 0.2) is 47.8 Å². The Morgan fingerprint density at radius 1 is 1.12 bits per heavy atom. The first-order valence-corrected chi connectivity index (χ1v) is 8.98. The summed E-state index contributed by atoms with van der Waals surface area (Å²) in [7, 11) is 3.58. The number of hydrogen-bond acceptors (Lipinski definition) is 5. The molecule has 3 aromatic rings. The van der Waals surface area contributed by atoms with E-state index < -0.39 is 0 Å². The molecule has 0 aliphatic heterocycles. The molecule has 0 aliphatic carbocycles. The highest BCUT2D eigenvalue weighted by atomic mass is 32.1. The molecular formula is C20H19N3O2S. The van der Waals surface area contributed by atoms with Gasteiger partial charge in [0.2, 0.25) is 0 Å². The van der Waals surface area contributed by atoms with Gasteiger partial charge in [0.05, 0.1) is 10.6 Å². The van der Waals surface area contributed by atoms with Crippen LogP contribution in [0.3, 0.4) is 0 Å². The first-order chi connectivity index (χ1) is 12.4. The van der Waals surface area contributed by atoms with Gasteiger partial charge in [-0.15, -0.1) is 11.3 Å². The Labute approximate surface area is 156 Å². The fourth-order valence-corrected chi connectivity index (χ4v) is 3.28. The second-order valence-corrected chi connectivity index (χ2v) is 7.06. The van der Waals surface area contributed by atoms with E-state index in [-0.39, 0.29) is 10.6 Å². The van der Waals surface area contributed by atoms with E-state index in [0.717, 1.165) is 21.8 Å². The van der Waals surface area contributed by atoms with E-state index in [1.165, 1.54) is 5.56 Å². The minimum Gasteiger partial charge on any atom is -0.372 e. The molecule has 0 amide bonds. The number of nitrogens with zero attached hydrogens (tertiary/aromatic N) is 3. The Hall–Kier alpha value is -2.99. The number of aryl methyl sites for hydroxylation is 1. The molecule has 0 saturated carbocycles. The van der Waals surface area contributed by atoms with Crippen molar-refractivity contribution in [2.24, 2.45) is 0 Å². The quantitative estimate of drug-likeness (QED) is 0.457. The van der Waals surface area contributed by atoms with Crippen molar-refractivity contribution in [3.05, 3.63) is 74.1 Å². The Kier molecular flexibility index (Phi) is 5.14. The Morgan fingerprint density at radius 3 is 2.50 bits per heavy atom. The van der Waals surface area contributed by atoms with Crippen LogP contribution in [0.5, 0.6) is 0 Å². The van der Waals surface area contributed by atoms with Crippen LogP contribution in [0.1, 0.15) is 16.1 Å². The van der Waals surface area contributed by atoms with Gasteiger partial charge in [-0.05, 0) is 24.6 Å². The van der Waals surface area contributed by atoms with Crippen molar-refractivity contribution in [3.63, 3.8) is 0 Å². The third kappa shape index (κ3) is 3.97. The number of anilines is 1. The highest BCUT2D eigenvalue weighted by Gasteiger charge is 2.15. The molecule has 0 aliphatic rings. The van der Waals surface area contributed by atoms with Gasteiger partial charge in [-0.25, -0.2) is 4.98 Å². The number of rotatable bonds is 5. The molecule has 0 bridgehead atoms. The predicted octanol–water partition coefficient (Wildman–Crippen LogP) is 5.26. The smallest absolute Gasteiger partial charge is 0.293 e. The summed E-state index contributed by atoms with van der Waals surface area (Å²) in [4.78, 5) is 17.3. The molecule has 1 aromatic heterocycles. The van der Waals surface area contributed by atoms with Crippen molar-refractivity contribution in [2.75, 3.05) is 19.0 Å². The van der Waals surface area contributed by atoms with Crippen molar-refractivity contribution in [3.8, 4) is 11.3 Å². The van der Waals surface area contributed by atoms with Gasteiger partial charge in [0, 0.05) is 31.1 Å². The van der Waals surface area contributed by atoms with E-state index in [9.17, 15) is 10.1 Å². The summed E-state index contributed by atoms with van der Waals surface area (Å²) in [6.07, 6.45) is 3.74. The maximum absolute atomic E-state index is 11.3. The lowest BCUT2D eigenvalue weighted by molar-refractivity contribution is -0.384. The molecule has 132 valence electrons. The van der Waals surface area contributed by atoms with Gasteiger partial charge in [-0.3, -0.25) is 10.1 Å². The molecule has 6 heteroatoms. The maximum Gasteiger partial charge on any atom is 0.293 e. The fourth-order valence-electron chi connectivity index (χ4n) is 2.56. The van der Waals surface area contributed by atoms with Gasteiger partial charge in [0.15, 0.2) is 0 Å². The molecule has 0 saturated heterocycles. The van der Waals surface area contributed by atoms with Crippen molar-refractivity contribution >= 4 is 34.9 Å². The molecule has 0 unspecified atom stereocenters. The largest absolute Gasteiger partial charge is 0.372 e. The topological polar surface area (TPSA) is 59.3 Å². The van der Waals surface area contributed by atoms with Gasteiger partial charge in [0.1, 0.15) is 10.7 Å². The third-order valence-corrected chi connectivity index (χ3v) is 4.78. The van der Waals surface area contributed by atoms with Gasteiger partial charge in [0.25, 0.3) is 5.69 Å². The zero-order valence-electron chi connectivity index (χ0n) is 14.8. The first-order valence-electron chi connectivity index (χ1n) is 8.10. The molecule has 0 radical (unpaired) electrons. The monoisotopic (exact) mass is 365 g/mol. The molecule has 0 N–H and O–H groups in total. The summed E-state index contributed by atoms with van der Waals surface area (Å²) >= 11 is 1.55. The third-order valence-electron chi connectivity index (χ3n) is 3.97. The Morgan fingerprint density at radius 2 is 1.85 bits per heavy atom. The second-order valence-electron chi connectivity index (χ2n) is 6.17. The van der Waals surface area contributed by atoms with Crippen LogP contribution < -0.4 is 4.90 Å². The van der Waals surface area contributed by atoms with Crippen LogP contribution >= 0.6 is 11.3 Å². The van der Waals surface area contributed by atoms with Crippen LogP contribution in [0.25, 0.3) is 23.4 Å². The van der Waals surface area contributed by atoms with Crippen molar-refractivity contribution in [1.29, 1.82) is 0 Å². The molecule has 3 rings (SSSR count). The summed E-state index contributed by atoms with van der Waals surface area (Å²) in [5.41, 5.74) is 4.68. The average molecular weight is 365 g/mol. The SMILES string of the molecule is Cc1ccc(-c2csc(C=Cc3ccc(N(C)C)c([N+](=O)[O-])c3)n2)cc1. The first kappa shape index (κ1) is 17.8. The summed E-state index contributed by atoms with van der Waals surface area (Å²) in [6, 6.07) is 13.5. The molecule has 1 heterocycles. The molecule has 0 atom stereocenters. The summed E-state index contributed by atoms with van der Waals surface area (Å²) in [5, 5.41) is 14.2. The second kappa shape index (κ2) is 7.49. The van der Waals surface area contributed by atoms with Gasteiger partial charge in [-0.1, -0.05) is 42.0 Å². The highest BCUT2D eigenvalue weighted by molar-refractivity contribution is 7.10. The molecule has 26 heavy (non-hydrogen) atoms. The number of aromatic nitrogens is 1. The maximum atomic E-state index is 11.3. The van der Waals surface area contributed by atoms with Crippen LogP contribution in [-0.2, 0) is 0 Å². The van der Waals surface area contributed by atoms with Gasteiger partial charge < -0.3 is 4.90 Å². The van der Waals surface area contributed by atoms with Crippen LogP contribution in [0.4, 0.5) is 11.4 Å². The van der Waals surface area contributed by atoms with E-state index in [1.54, 1.807) is 42.5 Å². The molecule has 2 aromatic carbocycles. The number of nitro groups is 1. The summed E-state index contributed by atoms with van der Waals surface area (Å²) < 4.78 is 0. The number of thiazole rings is 1. The minimum atomic E-state index is -0.356. The highest BCUT2D eigenvalue weighted by Crippen LogP contribution is 2.29. The molecule has 0 spiro atoms.